The van der Waals surface area contributed by atoms with Crippen molar-refractivity contribution in [1.82, 2.24) is 0 Å². The fraction of sp³-hybridized carbons (Fsp3) is 1.00. The Hall–Kier alpha value is -1.18. The molecule has 0 aliphatic rings. The summed E-state index contributed by atoms with van der Waals surface area (Å²) >= 11 is 0. The van der Waals surface area contributed by atoms with E-state index in [2.05, 4.69) is 0 Å². The average molecular weight is 532 g/mol. The first kappa shape index (κ1) is 29.8. The van der Waals surface area contributed by atoms with Crippen LogP contribution in [0.5, 0.6) is 0 Å². The molecule has 21 heteroatoms. The molecule has 0 spiro atoms. The van der Waals surface area contributed by atoms with Gasteiger partial charge in [0.25, 0.3) is 5.55 Å². The van der Waals surface area contributed by atoms with Gasteiger partial charge in [0.1, 0.15) is 0 Å². The average Bonchev–Trinajstić information content (AvgIpc) is 2.50. The van der Waals surface area contributed by atoms with E-state index < -0.39 is 69.6 Å². The van der Waals surface area contributed by atoms with Crippen LogP contribution in [0.3, 0.4) is 0 Å². The van der Waals surface area contributed by atoms with E-state index in [0.717, 1.165) is 0 Å². The molecule has 0 amide bonds. The van der Waals surface area contributed by atoms with Crippen molar-refractivity contribution in [1.29, 1.82) is 0 Å². The molecule has 0 aliphatic heterocycles. The maximum atomic E-state index is 13.2. The molecule has 1 unspecified atom stereocenters. The van der Waals surface area contributed by atoms with Gasteiger partial charge in [-0.05, 0) is 0 Å². The van der Waals surface area contributed by atoms with Gasteiger partial charge in [0.05, 0.1) is 10.2 Å². The number of alkyl halides is 20. The van der Waals surface area contributed by atoms with E-state index in [1.165, 1.54) is 0 Å². The third-order valence-corrected chi connectivity index (χ3v) is 4.02. The van der Waals surface area contributed by atoms with Crippen LogP contribution in [0.1, 0.15) is 0 Å². The Bertz CT molecular complexity index is 652. The SMILES string of the molecule is FC(C(F)(F)[SiH3])C(F)(F)C(F)(F)C(F)(F)C(F)(F)C(F)(F)C(F)(F)C(F)(F)C(F)(F)F. The van der Waals surface area contributed by atoms with Gasteiger partial charge in [-0.1, -0.05) is 0 Å². The molecule has 0 fully saturated rings. The van der Waals surface area contributed by atoms with Gasteiger partial charge >= 0.3 is 47.6 Å². The summed E-state index contributed by atoms with van der Waals surface area (Å²) in [6.45, 7) is 0. The smallest absolute Gasteiger partial charge is 0.234 e. The normalized spacial score (nSPS) is 17.8. The molecule has 0 rings (SSSR count). The summed E-state index contributed by atoms with van der Waals surface area (Å²) in [4.78, 5) is 0. The summed E-state index contributed by atoms with van der Waals surface area (Å²) in [5.74, 6) is -59.9. The predicted octanol–water partition coefficient (Wildman–Crippen LogP) is 5.29. The van der Waals surface area contributed by atoms with E-state index in [1.807, 2.05) is 0 Å². The summed E-state index contributed by atoms with van der Waals surface area (Å²) < 4.78 is 255. The molecule has 0 heterocycles. The zero-order chi connectivity index (χ0) is 26.1. The standard InChI is InChI=1S/C10H4F20Si/c11-1(3(14,15)31)2(12,13)4(16,17)5(18,19)6(20,21)7(22,23)8(24,25)9(26,27)10(28,29)30/h1H,31H3. The van der Waals surface area contributed by atoms with Crippen molar-refractivity contribution in [2.24, 2.45) is 0 Å². The highest BCUT2D eigenvalue weighted by Crippen LogP contribution is 2.64. The fourth-order valence-electron chi connectivity index (χ4n) is 1.65. The molecule has 0 saturated heterocycles. The minimum atomic E-state index is -8.93. The molecule has 0 radical (unpaired) electrons. The van der Waals surface area contributed by atoms with Crippen LogP contribution in [0, 0.1) is 0 Å². The highest BCUT2D eigenvalue weighted by molar-refractivity contribution is 6.13. The van der Waals surface area contributed by atoms with Crippen LogP contribution in [0.25, 0.3) is 0 Å². The summed E-state index contributed by atoms with van der Waals surface area (Å²) in [6.07, 6.45) is -13.7. The molecule has 0 aromatic carbocycles. The molecular formula is C10H4F20Si. The second kappa shape index (κ2) is 7.16. The molecule has 0 aliphatic carbocycles. The first-order valence-electron chi connectivity index (χ1n) is 6.64. The Morgan fingerprint density at radius 3 is 0.839 bits per heavy atom. The van der Waals surface area contributed by atoms with Crippen molar-refractivity contribution >= 4 is 10.2 Å². The Labute approximate surface area is 159 Å². The van der Waals surface area contributed by atoms with Gasteiger partial charge in [0.2, 0.25) is 6.17 Å². The monoisotopic (exact) mass is 532 g/mol. The van der Waals surface area contributed by atoms with E-state index in [1.54, 1.807) is 0 Å². The predicted molar refractivity (Wildman–Crippen MR) is 60.5 cm³/mol. The van der Waals surface area contributed by atoms with Gasteiger partial charge in [-0.3, -0.25) is 0 Å². The lowest BCUT2D eigenvalue weighted by Gasteiger charge is -2.43. The maximum absolute atomic E-state index is 13.2. The first-order chi connectivity index (χ1) is 12.9. The van der Waals surface area contributed by atoms with Crippen molar-refractivity contribution in [3.8, 4) is 0 Å². The molecule has 0 bridgehead atoms. The van der Waals surface area contributed by atoms with Crippen LogP contribution in [0.15, 0.2) is 0 Å². The van der Waals surface area contributed by atoms with Gasteiger partial charge in [-0.2, -0.15) is 74.6 Å². The Balaban J connectivity index is 6.84. The van der Waals surface area contributed by atoms with Crippen LogP contribution in [-0.2, 0) is 0 Å². The number of hydrogen-bond acceptors (Lipinski definition) is 0. The third-order valence-electron chi connectivity index (χ3n) is 3.51. The second-order valence-electron chi connectivity index (χ2n) is 5.89. The summed E-state index contributed by atoms with van der Waals surface area (Å²) in [5.41, 5.74) is -5.66. The van der Waals surface area contributed by atoms with E-state index in [4.69, 9.17) is 0 Å². The highest BCUT2D eigenvalue weighted by Gasteiger charge is 2.96. The Morgan fingerprint density at radius 1 is 0.387 bits per heavy atom. The van der Waals surface area contributed by atoms with Gasteiger partial charge in [-0.25, -0.2) is 13.2 Å². The molecule has 0 saturated carbocycles. The quantitative estimate of drug-likeness (QED) is 0.295. The van der Waals surface area contributed by atoms with Gasteiger partial charge in [-0.15, -0.1) is 0 Å². The number of hydrogen-bond donors (Lipinski definition) is 0. The van der Waals surface area contributed by atoms with Crippen LogP contribution in [-0.4, -0.2) is 69.6 Å². The molecule has 31 heavy (non-hydrogen) atoms. The molecule has 0 N–H and O–H groups in total. The summed E-state index contributed by atoms with van der Waals surface area (Å²) in [7, 11) is -2.22. The highest BCUT2D eigenvalue weighted by atomic mass is 28.1. The lowest BCUT2D eigenvalue weighted by molar-refractivity contribution is -0.464. The van der Waals surface area contributed by atoms with Crippen molar-refractivity contribution in [3.05, 3.63) is 0 Å². The molecule has 0 nitrogen and oxygen atoms in total. The molecule has 1 atom stereocenters. The Morgan fingerprint density at radius 2 is 0.613 bits per heavy atom. The van der Waals surface area contributed by atoms with E-state index in [0.29, 0.717) is 0 Å². The van der Waals surface area contributed by atoms with Crippen molar-refractivity contribution in [2.45, 2.75) is 59.4 Å². The summed E-state index contributed by atoms with van der Waals surface area (Å²) in [6, 6.07) is 0. The topological polar surface area (TPSA) is 0 Å². The van der Waals surface area contributed by atoms with Crippen LogP contribution in [0.4, 0.5) is 87.8 Å². The van der Waals surface area contributed by atoms with Gasteiger partial charge < -0.3 is 0 Å². The zero-order valence-corrected chi connectivity index (χ0v) is 15.6. The minimum absolute atomic E-state index is 2.22. The molecule has 0 aromatic rings. The Kier molecular flexibility index (Phi) is 6.88. The lowest BCUT2D eigenvalue weighted by atomic mass is 9.88. The minimum Gasteiger partial charge on any atom is -0.234 e. The summed E-state index contributed by atoms with van der Waals surface area (Å²) in [5, 5.41) is 0. The second-order valence-corrected chi connectivity index (χ2v) is 7.22. The third kappa shape index (κ3) is 3.80. The van der Waals surface area contributed by atoms with Crippen molar-refractivity contribution in [3.63, 3.8) is 0 Å². The fourth-order valence-corrected chi connectivity index (χ4v) is 2.02. The molecular weight excluding hydrogens is 528 g/mol. The maximum Gasteiger partial charge on any atom is 0.460 e. The van der Waals surface area contributed by atoms with E-state index in [-0.39, 0.29) is 0 Å². The van der Waals surface area contributed by atoms with Crippen molar-refractivity contribution < 1.29 is 87.8 Å². The number of rotatable bonds is 8. The first-order valence-corrected chi connectivity index (χ1v) is 7.64. The van der Waals surface area contributed by atoms with Gasteiger partial charge in [0.15, 0.2) is 0 Å². The van der Waals surface area contributed by atoms with E-state index in [9.17, 15) is 87.8 Å². The molecule has 188 valence electrons. The van der Waals surface area contributed by atoms with Crippen molar-refractivity contribution in [2.75, 3.05) is 0 Å². The lowest BCUT2D eigenvalue weighted by Crippen LogP contribution is -2.75. The molecule has 0 aromatic heterocycles. The van der Waals surface area contributed by atoms with Gasteiger partial charge in [0, 0.05) is 0 Å². The number of halogens is 20. The van der Waals surface area contributed by atoms with Crippen LogP contribution >= 0.6 is 0 Å². The van der Waals surface area contributed by atoms with Crippen LogP contribution < -0.4 is 0 Å². The van der Waals surface area contributed by atoms with Crippen LogP contribution in [0.2, 0.25) is 0 Å². The zero-order valence-electron chi connectivity index (χ0n) is 13.6. The van der Waals surface area contributed by atoms with E-state index >= 15 is 0 Å². The largest absolute Gasteiger partial charge is 0.460 e.